The second-order valence-corrected chi connectivity index (χ2v) is 8.53. The molecule has 0 saturated carbocycles. The van der Waals surface area contributed by atoms with Gasteiger partial charge in [-0.2, -0.15) is 0 Å². The molecule has 1 aromatic rings. The van der Waals surface area contributed by atoms with Gasteiger partial charge in [-0.3, -0.25) is 4.79 Å². The van der Waals surface area contributed by atoms with Crippen LogP contribution >= 0.6 is 11.6 Å². The van der Waals surface area contributed by atoms with Crippen LogP contribution in [0.2, 0.25) is 5.02 Å². The van der Waals surface area contributed by atoms with E-state index in [-0.39, 0.29) is 15.8 Å². The van der Waals surface area contributed by atoms with Crippen LogP contribution in [-0.4, -0.2) is 63.6 Å². The number of sulfone groups is 1. The smallest absolute Gasteiger partial charge is 0.253 e. The van der Waals surface area contributed by atoms with Crippen LogP contribution in [0.4, 0.5) is 0 Å². The molecule has 1 amide bonds. The van der Waals surface area contributed by atoms with Crippen LogP contribution in [0.15, 0.2) is 23.1 Å². The largest absolute Gasteiger partial charge is 0.337 e. The molecule has 1 heterocycles. The molecule has 0 spiro atoms. The van der Waals surface area contributed by atoms with Gasteiger partial charge in [0.05, 0.1) is 9.92 Å². The lowest BCUT2D eigenvalue weighted by atomic mass is 10.1. The van der Waals surface area contributed by atoms with E-state index in [2.05, 4.69) is 11.8 Å². The number of rotatable bonds is 3. The third kappa shape index (κ3) is 3.45. The normalized spacial score (nSPS) is 22.4. The van der Waals surface area contributed by atoms with Gasteiger partial charge in [-0.25, -0.2) is 8.42 Å². The Hall–Kier alpha value is -1.11. The van der Waals surface area contributed by atoms with Crippen molar-refractivity contribution in [2.75, 3.05) is 33.4 Å². The molecule has 122 valence electrons. The Morgan fingerprint density at radius 2 is 1.95 bits per heavy atom. The fraction of sp³-hybridized carbons (Fsp3) is 0.533. The fourth-order valence-corrected chi connectivity index (χ4v) is 4.19. The first kappa shape index (κ1) is 17.2. The molecule has 1 aliphatic heterocycles. The molecule has 2 rings (SSSR count). The summed E-state index contributed by atoms with van der Waals surface area (Å²) in [5.41, 5.74) is 0.358. The summed E-state index contributed by atoms with van der Waals surface area (Å²) in [4.78, 5) is 16.5. The first-order valence-electron chi connectivity index (χ1n) is 7.06. The van der Waals surface area contributed by atoms with Crippen molar-refractivity contribution in [2.45, 2.75) is 17.9 Å². The van der Waals surface area contributed by atoms with Crippen LogP contribution in [0.5, 0.6) is 0 Å². The summed E-state index contributed by atoms with van der Waals surface area (Å²) in [6, 6.07) is 4.72. The Kier molecular flexibility index (Phi) is 4.84. The lowest BCUT2D eigenvalue weighted by molar-refractivity contribution is 0.0781. The zero-order valence-corrected chi connectivity index (χ0v) is 14.8. The average molecular weight is 345 g/mol. The number of likely N-dealkylation sites (tertiary alicyclic amines) is 1. The molecular weight excluding hydrogens is 324 g/mol. The summed E-state index contributed by atoms with van der Waals surface area (Å²) >= 11 is 5.92. The maximum atomic E-state index is 12.6. The van der Waals surface area contributed by atoms with Crippen LogP contribution in [-0.2, 0) is 9.84 Å². The lowest BCUT2D eigenvalue weighted by Crippen LogP contribution is -2.35. The lowest BCUT2D eigenvalue weighted by Gasteiger charge is -2.22. The van der Waals surface area contributed by atoms with Gasteiger partial charge in [-0.05, 0) is 38.2 Å². The van der Waals surface area contributed by atoms with Gasteiger partial charge in [0.15, 0.2) is 9.84 Å². The highest BCUT2D eigenvalue weighted by molar-refractivity contribution is 7.90. The van der Waals surface area contributed by atoms with Crippen molar-refractivity contribution in [3.8, 4) is 0 Å². The molecule has 0 radical (unpaired) electrons. The van der Waals surface area contributed by atoms with E-state index in [1.165, 1.54) is 12.1 Å². The van der Waals surface area contributed by atoms with Gasteiger partial charge in [0.25, 0.3) is 5.91 Å². The van der Waals surface area contributed by atoms with E-state index in [0.29, 0.717) is 30.6 Å². The van der Waals surface area contributed by atoms with Crippen LogP contribution < -0.4 is 0 Å². The first-order chi connectivity index (χ1) is 10.1. The van der Waals surface area contributed by atoms with Crippen molar-refractivity contribution < 1.29 is 13.2 Å². The maximum absolute atomic E-state index is 12.6. The SMILES string of the molecule is C[C@@H]1CN(C(=O)c2ccc(Cl)c(S(C)(=O)=O)c2)C[C@@H]1N(C)C. The van der Waals surface area contributed by atoms with Crippen molar-refractivity contribution in [3.05, 3.63) is 28.8 Å². The minimum absolute atomic E-state index is 0.00331. The third-order valence-corrected chi connectivity index (χ3v) is 5.68. The highest BCUT2D eigenvalue weighted by Gasteiger charge is 2.34. The number of carbonyl (C=O) groups excluding carboxylic acids is 1. The standard InChI is InChI=1S/C15H21ClN2O3S/c1-10-8-18(9-13(10)17(2)3)15(19)11-5-6-12(16)14(7-11)22(4,20)21/h5-7,10,13H,8-9H2,1-4H3/t10-,13+/m1/s1. The maximum Gasteiger partial charge on any atom is 0.253 e. The van der Waals surface area contributed by atoms with E-state index in [1.54, 1.807) is 11.0 Å². The summed E-state index contributed by atoms with van der Waals surface area (Å²) in [5, 5.41) is 0.139. The van der Waals surface area contributed by atoms with Gasteiger partial charge < -0.3 is 9.80 Å². The molecule has 5 nitrogen and oxygen atoms in total. The van der Waals surface area contributed by atoms with E-state index in [9.17, 15) is 13.2 Å². The Morgan fingerprint density at radius 3 is 2.45 bits per heavy atom. The van der Waals surface area contributed by atoms with Crippen molar-refractivity contribution >= 4 is 27.3 Å². The summed E-state index contributed by atoms with van der Waals surface area (Å²) in [6.45, 7) is 3.42. The van der Waals surface area contributed by atoms with Crippen molar-refractivity contribution in [1.82, 2.24) is 9.80 Å². The highest BCUT2D eigenvalue weighted by Crippen LogP contribution is 2.26. The van der Waals surface area contributed by atoms with Crippen LogP contribution in [0.25, 0.3) is 0 Å². The van der Waals surface area contributed by atoms with Crippen LogP contribution in [0.3, 0.4) is 0 Å². The third-order valence-electron chi connectivity index (χ3n) is 4.10. The quantitative estimate of drug-likeness (QED) is 0.838. The minimum Gasteiger partial charge on any atom is -0.337 e. The van der Waals surface area contributed by atoms with Gasteiger partial charge in [-0.15, -0.1) is 0 Å². The molecule has 1 aromatic carbocycles. The van der Waals surface area contributed by atoms with Crippen LogP contribution in [0, 0.1) is 5.92 Å². The first-order valence-corrected chi connectivity index (χ1v) is 9.33. The number of carbonyl (C=O) groups is 1. The monoisotopic (exact) mass is 344 g/mol. The summed E-state index contributed by atoms with van der Waals surface area (Å²) in [6.07, 6.45) is 1.09. The molecule has 2 atom stereocenters. The Morgan fingerprint density at radius 1 is 1.32 bits per heavy atom. The number of benzene rings is 1. The van der Waals surface area contributed by atoms with E-state index >= 15 is 0 Å². The Balaban J connectivity index is 2.28. The predicted molar refractivity (Wildman–Crippen MR) is 87.1 cm³/mol. The molecule has 22 heavy (non-hydrogen) atoms. The fourth-order valence-electron chi connectivity index (χ4n) is 2.89. The highest BCUT2D eigenvalue weighted by atomic mass is 35.5. The van der Waals surface area contributed by atoms with E-state index in [4.69, 9.17) is 11.6 Å². The molecule has 0 bridgehead atoms. The van der Waals surface area contributed by atoms with Gasteiger partial charge in [0.2, 0.25) is 0 Å². The second kappa shape index (κ2) is 6.18. The molecule has 1 fully saturated rings. The number of amides is 1. The molecule has 1 saturated heterocycles. The number of nitrogens with zero attached hydrogens (tertiary/aromatic N) is 2. The van der Waals surface area contributed by atoms with Crippen molar-refractivity contribution in [1.29, 1.82) is 0 Å². The number of likely N-dealkylation sites (N-methyl/N-ethyl adjacent to an activating group) is 1. The van der Waals surface area contributed by atoms with Crippen molar-refractivity contribution in [3.63, 3.8) is 0 Å². The molecule has 0 N–H and O–H groups in total. The zero-order valence-electron chi connectivity index (χ0n) is 13.2. The van der Waals surface area contributed by atoms with Gasteiger partial charge >= 0.3 is 0 Å². The zero-order chi connectivity index (χ0) is 16.7. The van der Waals surface area contributed by atoms with E-state index < -0.39 is 9.84 Å². The van der Waals surface area contributed by atoms with Gasteiger partial charge in [-0.1, -0.05) is 18.5 Å². The topological polar surface area (TPSA) is 57.7 Å². The van der Waals surface area contributed by atoms with Gasteiger partial charge in [0, 0.05) is 31.0 Å². The van der Waals surface area contributed by atoms with E-state index in [0.717, 1.165) is 6.26 Å². The average Bonchev–Trinajstić information content (AvgIpc) is 2.79. The van der Waals surface area contributed by atoms with E-state index in [1.807, 2.05) is 14.1 Å². The van der Waals surface area contributed by atoms with Crippen LogP contribution in [0.1, 0.15) is 17.3 Å². The molecule has 0 aromatic heterocycles. The molecule has 0 unspecified atom stereocenters. The number of halogens is 1. The second-order valence-electron chi connectivity index (χ2n) is 6.14. The van der Waals surface area contributed by atoms with Gasteiger partial charge in [0.1, 0.15) is 0 Å². The molecule has 1 aliphatic rings. The predicted octanol–water partition coefficient (Wildman–Crippen LogP) is 1.77. The number of hydrogen-bond acceptors (Lipinski definition) is 4. The summed E-state index contributed by atoms with van der Waals surface area (Å²) in [7, 11) is 0.539. The number of hydrogen-bond donors (Lipinski definition) is 0. The Labute approximate surface area is 136 Å². The Bertz CT molecular complexity index is 688. The summed E-state index contributed by atoms with van der Waals surface area (Å²) < 4.78 is 23.5. The molecule has 0 aliphatic carbocycles. The molecule has 7 heteroatoms. The molecular formula is C15H21ClN2O3S. The summed E-state index contributed by atoms with van der Waals surface area (Å²) in [5.74, 6) is 0.221. The minimum atomic E-state index is -3.46. The van der Waals surface area contributed by atoms with Crippen molar-refractivity contribution in [2.24, 2.45) is 5.92 Å².